The molecular formula is C9H15N3O. The number of aliphatic hydroxyl groups excluding tert-OH is 1. The van der Waals surface area contributed by atoms with Gasteiger partial charge in [-0.3, -0.25) is 0 Å². The molecule has 0 spiro atoms. The van der Waals surface area contributed by atoms with E-state index < -0.39 is 0 Å². The molecular weight excluding hydrogens is 166 g/mol. The first kappa shape index (κ1) is 9.92. The molecule has 0 bridgehead atoms. The van der Waals surface area contributed by atoms with E-state index in [9.17, 15) is 0 Å². The van der Waals surface area contributed by atoms with Gasteiger partial charge in [0.15, 0.2) is 0 Å². The van der Waals surface area contributed by atoms with Crippen LogP contribution in [-0.2, 0) is 0 Å². The predicted octanol–water partition coefficient (Wildman–Crippen LogP) is 0.968. The molecule has 0 aliphatic carbocycles. The van der Waals surface area contributed by atoms with E-state index in [1.165, 1.54) is 0 Å². The van der Waals surface area contributed by atoms with Crippen LogP contribution in [0, 0.1) is 6.92 Å². The first-order valence-electron chi connectivity index (χ1n) is 4.39. The first-order valence-corrected chi connectivity index (χ1v) is 4.39. The number of anilines is 1. The summed E-state index contributed by atoms with van der Waals surface area (Å²) in [6.45, 7) is 4.05. The first-order chi connectivity index (χ1) is 6.22. The molecule has 72 valence electrons. The second-order valence-corrected chi connectivity index (χ2v) is 3.05. The van der Waals surface area contributed by atoms with E-state index in [0.29, 0.717) is 0 Å². The minimum atomic E-state index is 0.193. The topological polar surface area (TPSA) is 58.0 Å². The van der Waals surface area contributed by atoms with Gasteiger partial charge < -0.3 is 10.4 Å². The molecule has 0 aromatic carbocycles. The van der Waals surface area contributed by atoms with Gasteiger partial charge in [-0.05, 0) is 26.3 Å². The highest BCUT2D eigenvalue weighted by Gasteiger charge is 2.01. The summed E-state index contributed by atoms with van der Waals surface area (Å²) < 4.78 is 0. The molecule has 0 saturated heterocycles. The average molecular weight is 181 g/mol. The van der Waals surface area contributed by atoms with Crippen LogP contribution in [0.15, 0.2) is 12.3 Å². The fourth-order valence-corrected chi connectivity index (χ4v) is 1.05. The van der Waals surface area contributed by atoms with Crippen molar-refractivity contribution in [3.05, 3.63) is 18.1 Å². The van der Waals surface area contributed by atoms with Crippen LogP contribution in [0.5, 0.6) is 0 Å². The normalized spacial score (nSPS) is 12.5. The van der Waals surface area contributed by atoms with Crippen molar-refractivity contribution in [1.82, 2.24) is 9.97 Å². The maximum atomic E-state index is 8.70. The molecule has 0 amide bonds. The lowest BCUT2D eigenvalue weighted by molar-refractivity contribution is 0.282. The van der Waals surface area contributed by atoms with Gasteiger partial charge in [0.1, 0.15) is 11.6 Å². The van der Waals surface area contributed by atoms with Crippen LogP contribution in [0.25, 0.3) is 0 Å². The molecule has 0 aliphatic rings. The fourth-order valence-electron chi connectivity index (χ4n) is 1.05. The van der Waals surface area contributed by atoms with E-state index >= 15 is 0 Å². The Morgan fingerprint density at radius 3 is 3.00 bits per heavy atom. The van der Waals surface area contributed by atoms with Gasteiger partial charge in [-0.1, -0.05) is 0 Å². The molecule has 13 heavy (non-hydrogen) atoms. The summed E-state index contributed by atoms with van der Waals surface area (Å²) in [5, 5.41) is 11.9. The highest BCUT2D eigenvalue weighted by molar-refractivity contribution is 5.33. The molecule has 0 saturated carbocycles. The van der Waals surface area contributed by atoms with Crippen molar-refractivity contribution in [2.45, 2.75) is 26.3 Å². The van der Waals surface area contributed by atoms with E-state index in [2.05, 4.69) is 15.3 Å². The SMILES string of the molecule is Cc1nccc(NC(C)CCO)n1. The fraction of sp³-hybridized carbons (Fsp3) is 0.556. The van der Waals surface area contributed by atoms with Gasteiger partial charge in [0, 0.05) is 18.8 Å². The Morgan fingerprint density at radius 2 is 2.38 bits per heavy atom. The summed E-state index contributed by atoms with van der Waals surface area (Å²) >= 11 is 0. The zero-order valence-electron chi connectivity index (χ0n) is 7.99. The summed E-state index contributed by atoms with van der Waals surface area (Å²) in [6.07, 6.45) is 2.44. The Bertz CT molecular complexity index is 265. The summed E-state index contributed by atoms with van der Waals surface area (Å²) in [5.41, 5.74) is 0. The summed E-state index contributed by atoms with van der Waals surface area (Å²) in [5.74, 6) is 1.56. The lowest BCUT2D eigenvalue weighted by Crippen LogP contribution is -2.17. The number of aliphatic hydroxyl groups is 1. The lowest BCUT2D eigenvalue weighted by Gasteiger charge is -2.12. The predicted molar refractivity (Wildman–Crippen MR) is 51.6 cm³/mol. The Hall–Kier alpha value is -1.16. The summed E-state index contributed by atoms with van der Waals surface area (Å²) in [7, 11) is 0. The van der Waals surface area contributed by atoms with Crippen LogP contribution in [0.4, 0.5) is 5.82 Å². The van der Waals surface area contributed by atoms with E-state index in [1.54, 1.807) is 6.20 Å². The lowest BCUT2D eigenvalue weighted by atomic mass is 10.2. The van der Waals surface area contributed by atoms with Crippen LogP contribution in [0.1, 0.15) is 19.2 Å². The zero-order chi connectivity index (χ0) is 9.68. The number of hydrogen-bond acceptors (Lipinski definition) is 4. The van der Waals surface area contributed by atoms with Gasteiger partial charge in [-0.25, -0.2) is 9.97 Å². The largest absolute Gasteiger partial charge is 0.396 e. The second kappa shape index (κ2) is 4.77. The molecule has 2 N–H and O–H groups in total. The minimum Gasteiger partial charge on any atom is -0.396 e. The molecule has 1 atom stereocenters. The van der Waals surface area contributed by atoms with Gasteiger partial charge in [-0.15, -0.1) is 0 Å². The van der Waals surface area contributed by atoms with Gasteiger partial charge in [-0.2, -0.15) is 0 Å². The Labute approximate surface area is 78.0 Å². The number of rotatable bonds is 4. The molecule has 1 heterocycles. The van der Waals surface area contributed by atoms with Crippen LogP contribution >= 0.6 is 0 Å². The molecule has 4 heteroatoms. The van der Waals surface area contributed by atoms with Crippen LogP contribution in [0.2, 0.25) is 0 Å². The van der Waals surface area contributed by atoms with E-state index in [0.717, 1.165) is 18.1 Å². The van der Waals surface area contributed by atoms with Crippen molar-refractivity contribution in [3.63, 3.8) is 0 Å². The smallest absolute Gasteiger partial charge is 0.129 e. The average Bonchev–Trinajstić information content (AvgIpc) is 2.04. The van der Waals surface area contributed by atoms with Crippen molar-refractivity contribution in [2.24, 2.45) is 0 Å². The van der Waals surface area contributed by atoms with E-state index in [-0.39, 0.29) is 12.6 Å². The molecule has 0 radical (unpaired) electrons. The van der Waals surface area contributed by atoms with Gasteiger partial charge >= 0.3 is 0 Å². The van der Waals surface area contributed by atoms with Gasteiger partial charge in [0.2, 0.25) is 0 Å². The van der Waals surface area contributed by atoms with Crippen molar-refractivity contribution in [1.29, 1.82) is 0 Å². The third-order valence-electron chi connectivity index (χ3n) is 1.73. The molecule has 0 aliphatic heterocycles. The monoisotopic (exact) mass is 181 g/mol. The zero-order valence-corrected chi connectivity index (χ0v) is 7.99. The van der Waals surface area contributed by atoms with Gasteiger partial charge in [0.25, 0.3) is 0 Å². The van der Waals surface area contributed by atoms with E-state index in [1.807, 2.05) is 19.9 Å². The maximum absolute atomic E-state index is 8.70. The molecule has 0 fully saturated rings. The summed E-state index contributed by atoms with van der Waals surface area (Å²) in [6, 6.07) is 2.06. The molecule has 1 aromatic heterocycles. The van der Waals surface area contributed by atoms with Crippen molar-refractivity contribution >= 4 is 5.82 Å². The highest BCUT2D eigenvalue weighted by Crippen LogP contribution is 2.04. The molecule has 1 rings (SSSR count). The molecule has 4 nitrogen and oxygen atoms in total. The molecule has 1 unspecified atom stereocenters. The van der Waals surface area contributed by atoms with Gasteiger partial charge in [0.05, 0.1) is 0 Å². The van der Waals surface area contributed by atoms with Crippen LogP contribution < -0.4 is 5.32 Å². The number of nitrogens with one attached hydrogen (secondary N) is 1. The quantitative estimate of drug-likeness (QED) is 0.726. The third-order valence-corrected chi connectivity index (χ3v) is 1.73. The number of hydrogen-bond donors (Lipinski definition) is 2. The third kappa shape index (κ3) is 3.38. The van der Waals surface area contributed by atoms with Crippen LogP contribution in [-0.4, -0.2) is 27.7 Å². The number of aromatic nitrogens is 2. The Balaban J connectivity index is 2.53. The highest BCUT2D eigenvalue weighted by atomic mass is 16.3. The summed E-state index contributed by atoms with van der Waals surface area (Å²) in [4.78, 5) is 8.18. The standard InChI is InChI=1S/C9H15N3O/c1-7(4-6-13)11-9-3-5-10-8(2)12-9/h3,5,7,13H,4,6H2,1-2H3,(H,10,11,12). The van der Waals surface area contributed by atoms with E-state index in [4.69, 9.17) is 5.11 Å². The second-order valence-electron chi connectivity index (χ2n) is 3.05. The van der Waals surface area contributed by atoms with Crippen molar-refractivity contribution < 1.29 is 5.11 Å². The number of nitrogens with zero attached hydrogens (tertiary/aromatic N) is 2. The molecule has 1 aromatic rings. The minimum absolute atomic E-state index is 0.193. The maximum Gasteiger partial charge on any atom is 0.129 e. The number of aryl methyl sites for hydroxylation is 1. The van der Waals surface area contributed by atoms with Crippen molar-refractivity contribution in [3.8, 4) is 0 Å². The van der Waals surface area contributed by atoms with Crippen molar-refractivity contribution in [2.75, 3.05) is 11.9 Å². The Kier molecular flexibility index (Phi) is 3.64. The van der Waals surface area contributed by atoms with Crippen LogP contribution in [0.3, 0.4) is 0 Å². The Morgan fingerprint density at radius 1 is 1.62 bits per heavy atom.